The summed E-state index contributed by atoms with van der Waals surface area (Å²) in [6, 6.07) is 8.85. The number of aryl methyl sites for hydroxylation is 1. The first-order valence-electron chi connectivity index (χ1n) is 6.02. The van der Waals surface area contributed by atoms with Crippen molar-refractivity contribution in [3.8, 4) is 11.3 Å². The average Bonchev–Trinajstić information content (AvgIpc) is 3.00. The van der Waals surface area contributed by atoms with Crippen molar-refractivity contribution >= 4 is 0 Å². The molecule has 4 heteroatoms. The van der Waals surface area contributed by atoms with Gasteiger partial charge in [0.2, 0.25) is 0 Å². The lowest BCUT2D eigenvalue weighted by Gasteiger charge is -2.06. The van der Waals surface area contributed by atoms with Gasteiger partial charge in [0.15, 0.2) is 0 Å². The molecule has 0 amide bonds. The Hall–Kier alpha value is -1.68. The fourth-order valence-electron chi connectivity index (χ4n) is 2.18. The predicted molar refractivity (Wildman–Crippen MR) is 66.7 cm³/mol. The summed E-state index contributed by atoms with van der Waals surface area (Å²) in [5, 5.41) is 11.8. The van der Waals surface area contributed by atoms with Gasteiger partial charge in [-0.3, -0.25) is 0 Å². The highest BCUT2D eigenvalue weighted by Gasteiger charge is 2.17. The van der Waals surface area contributed by atoms with E-state index < -0.39 is 0 Å². The first kappa shape index (κ1) is 10.5. The highest BCUT2D eigenvalue weighted by molar-refractivity contribution is 5.57. The van der Waals surface area contributed by atoms with Crippen molar-refractivity contribution in [2.75, 3.05) is 13.1 Å². The molecule has 1 N–H and O–H groups in total. The molecule has 3 rings (SSSR count). The molecule has 2 heterocycles. The average molecular weight is 228 g/mol. The van der Waals surface area contributed by atoms with Gasteiger partial charge >= 0.3 is 0 Å². The molecular formula is C13H16N4. The Kier molecular flexibility index (Phi) is 2.65. The maximum Gasteiger partial charge on any atom is 0.113 e. The lowest BCUT2D eigenvalue weighted by molar-refractivity contribution is 0.476. The van der Waals surface area contributed by atoms with E-state index >= 15 is 0 Å². The van der Waals surface area contributed by atoms with Gasteiger partial charge in [-0.1, -0.05) is 35.0 Å². The number of benzene rings is 1. The molecule has 0 aliphatic carbocycles. The van der Waals surface area contributed by atoms with Gasteiger partial charge in [0.1, 0.15) is 5.69 Å². The van der Waals surface area contributed by atoms with Crippen molar-refractivity contribution < 1.29 is 0 Å². The lowest BCUT2D eigenvalue weighted by atomic mass is 10.1. The minimum absolute atomic E-state index is 0.460. The van der Waals surface area contributed by atoms with Crippen LogP contribution in [0, 0.1) is 6.92 Å². The molecule has 1 unspecified atom stereocenters. The summed E-state index contributed by atoms with van der Waals surface area (Å²) in [4.78, 5) is 0. The third-order valence-electron chi connectivity index (χ3n) is 3.27. The van der Waals surface area contributed by atoms with Gasteiger partial charge in [0.05, 0.1) is 12.2 Å². The highest BCUT2D eigenvalue weighted by Crippen LogP contribution is 2.20. The molecule has 4 nitrogen and oxygen atoms in total. The van der Waals surface area contributed by atoms with Crippen LogP contribution in [0.15, 0.2) is 30.5 Å². The third kappa shape index (κ3) is 2.08. The second-order valence-corrected chi connectivity index (χ2v) is 4.60. The molecule has 2 aromatic rings. The number of aromatic nitrogens is 3. The molecule has 17 heavy (non-hydrogen) atoms. The van der Waals surface area contributed by atoms with Crippen LogP contribution in [0.1, 0.15) is 18.0 Å². The first-order valence-corrected chi connectivity index (χ1v) is 6.02. The minimum Gasteiger partial charge on any atom is -0.315 e. The van der Waals surface area contributed by atoms with E-state index in [1.54, 1.807) is 0 Å². The van der Waals surface area contributed by atoms with E-state index in [0.29, 0.717) is 6.04 Å². The molecule has 0 spiro atoms. The SMILES string of the molecule is Cc1ccc(-c2cn(C3CCNC3)nn2)cc1. The zero-order chi connectivity index (χ0) is 11.7. The molecule has 1 saturated heterocycles. The molecule has 1 aromatic heterocycles. The molecular weight excluding hydrogens is 212 g/mol. The molecule has 0 radical (unpaired) electrons. The Balaban J connectivity index is 1.86. The largest absolute Gasteiger partial charge is 0.315 e. The molecule has 0 saturated carbocycles. The van der Waals surface area contributed by atoms with Crippen LogP contribution in [0.25, 0.3) is 11.3 Å². The number of nitrogens with zero attached hydrogens (tertiary/aromatic N) is 3. The van der Waals surface area contributed by atoms with E-state index in [-0.39, 0.29) is 0 Å². The Morgan fingerprint density at radius 3 is 2.82 bits per heavy atom. The second kappa shape index (κ2) is 4.30. The summed E-state index contributed by atoms with van der Waals surface area (Å²) in [6.45, 7) is 4.16. The van der Waals surface area contributed by atoms with Crippen LogP contribution in [0.5, 0.6) is 0 Å². The Morgan fingerprint density at radius 2 is 2.12 bits per heavy atom. The second-order valence-electron chi connectivity index (χ2n) is 4.60. The normalized spacial score (nSPS) is 19.7. The first-order chi connectivity index (χ1) is 8.33. The molecule has 1 fully saturated rings. The van der Waals surface area contributed by atoms with E-state index in [4.69, 9.17) is 0 Å². The molecule has 1 aliphatic heterocycles. The van der Waals surface area contributed by atoms with Gasteiger partial charge in [-0.25, -0.2) is 4.68 Å². The van der Waals surface area contributed by atoms with Gasteiger partial charge < -0.3 is 5.32 Å². The van der Waals surface area contributed by atoms with Crippen molar-refractivity contribution in [3.63, 3.8) is 0 Å². The summed E-state index contributed by atoms with van der Waals surface area (Å²) in [7, 11) is 0. The maximum absolute atomic E-state index is 4.25. The van der Waals surface area contributed by atoms with Crippen LogP contribution in [0.4, 0.5) is 0 Å². The fourth-order valence-corrected chi connectivity index (χ4v) is 2.18. The quantitative estimate of drug-likeness (QED) is 0.852. The number of hydrogen-bond donors (Lipinski definition) is 1. The van der Waals surface area contributed by atoms with Crippen molar-refractivity contribution in [2.24, 2.45) is 0 Å². The standard InChI is InChI=1S/C13H16N4/c1-10-2-4-11(5-3-10)13-9-17(16-15-13)12-6-7-14-8-12/h2-5,9,12,14H,6-8H2,1H3. The monoisotopic (exact) mass is 228 g/mol. The van der Waals surface area contributed by atoms with Crippen LogP contribution in [0.3, 0.4) is 0 Å². The molecule has 88 valence electrons. The molecule has 1 aliphatic rings. The van der Waals surface area contributed by atoms with E-state index in [1.165, 1.54) is 5.56 Å². The van der Waals surface area contributed by atoms with Crippen LogP contribution in [-0.4, -0.2) is 28.1 Å². The van der Waals surface area contributed by atoms with Crippen molar-refractivity contribution in [1.29, 1.82) is 0 Å². The van der Waals surface area contributed by atoms with E-state index in [2.05, 4.69) is 46.8 Å². The summed E-state index contributed by atoms with van der Waals surface area (Å²) >= 11 is 0. The zero-order valence-electron chi connectivity index (χ0n) is 9.93. The minimum atomic E-state index is 0.460. The number of nitrogens with one attached hydrogen (secondary N) is 1. The van der Waals surface area contributed by atoms with Gasteiger partial charge in [-0.05, 0) is 19.9 Å². The van der Waals surface area contributed by atoms with Gasteiger partial charge in [0.25, 0.3) is 0 Å². The Labute approximate surface area is 101 Å². The van der Waals surface area contributed by atoms with Crippen LogP contribution in [0.2, 0.25) is 0 Å². The summed E-state index contributed by atoms with van der Waals surface area (Å²) < 4.78 is 1.98. The van der Waals surface area contributed by atoms with Crippen LogP contribution >= 0.6 is 0 Å². The number of hydrogen-bond acceptors (Lipinski definition) is 3. The smallest absolute Gasteiger partial charge is 0.113 e. The number of rotatable bonds is 2. The molecule has 1 aromatic carbocycles. The third-order valence-corrected chi connectivity index (χ3v) is 3.27. The lowest BCUT2D eigenvalue weighted by Crippen LogP contribution is -2.13. The van der Waals surface area contributed by atoms with Gasteiger partial charge in [-0.2, -0.15) is 0 Å². The zero-order valence-corrected chi connectivity index (χ0v) is 9.93. The molecule has 1 atom stereocenters. The van der Waals surface area contributed by atoms with Crippen molar-refractivity contribution in [3.05, 3.63) is 36.0 Å². The summed E-state index contributed by atoms with van der Waals surface area (Å²) in [5.74, 6) is 0. The summed E-state index contributed by atoms with van der Waals surface area (Å²) in [5.41, 5.74) is 3.35. The van der Waals surface area contributed by atoms with Crippen LogP contribution < -0.4 is 5.32 Å². The van der Waals surface area contributed by atoms with E-state index in [1.807, 2.05) is 10.9 Å². The van der Waals surface area contributed by atoms with Crippen molar-refractivity contribution in [2.45, 2.75) is 19.4 Å². The van der Waals surface area contributed by atoms with E-state index in [0.717, 1.165) is 30.8 Å². The predicted octanol–water partition coefficient (Wildman–Crippen LogP) is 1.79. The maximum atomic E-state index is 4.25. The van der Waals surface area contributed by atoms with Gasteiger partial charge in [0, 0.05) is 12.1 Å². The van der Waals surface area contributed by atoms with Gasteiger partial charge in [-0.15, -0.1) is 5.10 Å². The molecule has 0 bridgehead atoms. The van der Waals surface area contributed by atoms with Crippen LogP contribution in [-0.2, 0) is 0 Å². The Morgan fingerprint density at radius 1 is 1.29 bits per heavy atom. The van der Waals surface area contributed by atoms with E-state index in [9.17, 15) is 0 Å². The fraction of sp³-hybridized carbons (Fsp3) is 0.385. The topological polar surface area (TPSA) is 42.7 Å². The highest BCUT2D eigenvalue weighted by atomic mass is 15.4. The summed E-state index contributed by atoms with van der Waals surface area (Å²) in [6.07, 6.45) is 3.18. The van der Waals surface area contributed by atoms with Crippen molar-refractivity contribution in [1.82, 2.24) is 20.3 Å². The Bertz CT molecular complexity index is 494.